The molecule has 3 nitrogen and oxygen atoms in total. The van der Waals surface area contributed by atoms with Gasteiger partial charge < -0.3 is 10.6 Å². The summed E-state index contributed by atoms with van der Waals surface area (Å²) in [6.07, 6.45) is 5.47. The molecule has 0 bridgehead atoms. The van der Waals surface area contributed by atoms with Crippen molar-refractivity contribution in [2.45, 2.75) is 52.0 Å². The lowest BCUT2D eigenvalue weighted by Gasteiger charge is -2.37. The Hall–Kier alpha value is -0.570. The lowest BCUT2D eigenvalue weighted by Crippen LogP contribution is -2.46. The van der Waals surface area contributed by atoms with E-state index in [1.807, 2.05) is 11.9 Å². The smallest absolute Gasteiger partial charge is 0.222 e. The van der Waals surface area contributed by atoms with Crippen LogP contribution in [0.1, 0.15) is 46.0 Å². The summed E-state index contributed by atoms with van der Waals surface area (Å²) >= 11 is 0. The predicted octanol–water partition coefficient (Wildman–Crippen LogP) is 2.01. The van der Waals surface area contributed by atoms with E-state index < -0.39 is 0 Å². The van der Waals surface area contributed by atoms with Gasteiger partial charge in [0.05, 0.1) is 0 Å². The first-order valence-electron chi connectivity index (χ1n) is 6.52. The lowest BCUT2D eigenvalue weighted by atomic mass is 9.83. The number of carbonyl (C=O) groups is 1. The van der Waals surface area contributed by atoms with Gasteiger partial charge in [-0.1, -0.05) is 26.7 Å². The second kappa shape index (κ2) is 6.24. The molecule has 1 aliphatic carbocycles. The van der Waals surface area contributed by atoms with Crippen LogP contribution in [-0.2, 0) is 4.79 Å². The zero-order chi connectivity index (χ0) is 12.1. The van der Waals surface area contributed by atoms with Gasteiger partial charge in [-0.15, -0.1) is 0 Å². The van der Waals surface area contributed by atoms with Crippen LogP contribution in [-0.4, -0.2) is 30.4 Å². The largest absolute Gasteiger partial charge is 0.342 e. The summed E-state index contributed by atoms with van der Waals surface area (Å²) in [6, 6.07) is 0.380. The van der Waals surface area contributed by atoms with Crippen molar-refractivity contribution in [3.63, 3.8) is 0 Å². The minimum atomic E-state index is 0.278. The monoisotopic (exact) mass is 226 g/mol. The number of hydrogen-bond donors (Lipinski definition) is 1. The molecule has 1 fully saturated rings. The molecule has 3 heteroatoms. The average Bonchev–Trinajstić information content (AvgIpc) is 2.27. The van der Waals surface area contributed by atoms with Gasteiger partial charge in [0.25, 0.3) is 0 Å². The summed E-state index contributed by atoms with van der Waals surface area (Å²) in [5.41, 5.74) is 5.79. The molecule has 1 aliphatic rings. The zero-order valence-electron chi connectivity index (χ0n) is 10.9. The molecule has 0 spiro atoms. The van der Waals surface area contributed by atoms with Crippen molar-refractivity contribution < 1.29 is 4.79 Å². The molecule has 1 amide bonds. The molecule has 16 heavy (non-hydrogen) atoms. The van der Waals surface area contributed by atoms with Crippen molar-refractivity contribution in [3.8, 4) is 0 Å². The molecule has 0 saturated heterocycles. The molecule has 0 aromatic carbocycles. The average molecular weight is 226 g/mol. The van der Waals surface area contributed by atoms with Gasteiger partial charge in [-0.25, -0.2) is 0 Å². The van der Waals surface area contributed by atoms with Gasteiger partial charge in [-0.2, -0.15) is 0 Å². The van der Waals surface area contributed by atoms with E-state index in [1.165, 1.54) is 19.3 Å². The second-order valence-corrected chi connectivity index (χ2v) is 5.45. The second-order valence-electron chi connectivity index (χ2n) is 5.45. The molecule has 0 aromatic heterocycles. The van der Waals surface area contributed by atoms with Gasteiger partial charge in [0, 0.05) is 19.5 Å². The van der Waals surface area contributed by atoms with E-state index in [-0.39, 0.29) is 5.91 Å². The molecule has 1 saturated carbocycles. The van der Waals surface area contributed by atoms with Gasteiger partial charge >= 0.3 is 0 Å². The molecule has 1 rings (SSSR count). The van der Waals surface area contributed by atoms with Crippen molar-refractivity contribution in [1.29, 1.82) is 0 Å². The van der Waals surface area contributed by atoms with E-state index >= 15 is 0 Å². The zero-order valence-corrected chi connectivity index (χ0v) is 10.9. The van der Waals surface area contributed by atoms with Crippen LogP contribution in [0.4, 0.5) is 0 Å². The summed E-state index contributed by atoms with van der Waals surface area (Å²) in [7, 11) is 1.95. The normalized spacial score (nSPS) is 25.8. The standard InChI is InChI=1S/C13H26N2O/c1-10(2)8-13(16)15(3)12-7-5-4-6-11(12)9-14/h10-12H,4-9,14H2,1-3H3. The summed E-state index contributed by atoms with van der Waals surface area (Å²) in [5, 5.41) is 0. The first kappa shape index (κ1) is 13.5. The Bertz CT molecular complexity index is 228. The molecule has 0 radical (unpaired) electrons. The summed E-state index contributed by atoms with van der Waals surface area (Å²) in [5.74, 6) is 1.23. The molecule has 2 N–H and O–H groups in total. The molecule has 0 heterocycles. The fraction of sp³-hybridized carbons (Fsp3) is 0.923. The minimum Gasteiger partial charge on any atom is -0.342 e. The molecule has 0 aromatic rings. The van der Waals surface area contributed by atoms with Crippen LogP contribution in [0.3, 0.4) is 0 Å². The Kier molecular flexibility index (Phi) is 5.26. The molecular weight excluding hydrogens is 200 g/mol. The van der Waals surface area contributed by atoms with Gasteiger partial charge in [0.2, 0.25) is 5.91 Å². The van der Waals surface area contributed by atoms with Crippen LogP contribution in [0.15, 0.2) is 0 Å². The fourth-order valence-electron chi connectivity index (χ4n) is 2.65. The van der Waals surface area contributed by atoms with E-state index in [0.717, 1.165) is 6.42 Å². The van der Waals surface area contributed by atoms with E-state index in [2.05, 4.69) is 13.8 Å². The molecular formula is C13H26N2O. The van der Waals surface area contributed by atoms with Crippen LogP contribution >= 0.6 is 0 Å². The van der Waals surface area contributed by atoms with Crippen LogP contribution in [0.5, 0.6) is 0 Å². The minimum absolute atomic E-state index is 0.278. The summed E-state index contributed by atoms with van der Waals surface area (Å²) in [6.45, 7) is 4.89. The number of carbonyl (C=O) groups excluding carboxylic acids is 1. The van der Waals surface area contributed by atoms with Crippen molar-refractivity contribution in [2.24, 2.45) is 17.6 Å². The van der Waals surface area contributed by atoms with E-state index in [9.17, 15) is 4.79 Å². The summed E-state index contributed by atoms with van der Waals surface area (Å²) < 4.78 is 0. The quantitative estimate of drug-likeness (QED) is 0.797. The SMILES string of the molecule is CC(C)CC(=O)N(C)C1CCCCC1CN. The van der Waals surface area contributed by atoms with E-state index in [4.69, 9.17) is 5.73 Å². The highest BCUT2D eigenvalue weighted by Gasteiger charge is 2.29. The maximum atomic E-state index is 12.0. The van der Waals surface area contributed by atoms with Crippen LogP contribution < -0.4 is 5.73 Å². The highest BCUT2D eigenvalue weighted by atomic mass is 16.2. The van der Waals surface area contributed by atoms with Crippen LogP contribution in [0.25, 0.3) is 0 Å². The molecule has 2 unspecified atom stereocenters. The predicted molar refractivity (Wildman–Crippen MR) is 67.0 cm³/mol. The van der Waals surface area contributed by atoms with Gasteiger partial charge in [0.15, 0.2) is 0 Å². The first-order valence-corrected chi connectivity index (χ1v) is 6.52. The Morgan fingerprint density at radius 1 is 1.38 bits per heavy atom. The third-order valence-corrected chi connectivity index (χ3v) is 3.65. The van der Waals surface area contributed by atoms with Crippen LogP contribution in [0, 0.1) is 11.8 Å². The number of hydrogen-bond acceptors (Lipinski definition) is 2. The van der Waals surface area contributed by atoms with E-state index in [1.54, 1.807) is 0 Å². The fourth-order valence-corrected chi connectivity index (χ4v) is 2.65. The van der Waals surface area contributed by atoms with Crippen molar-refractivity contribution in [3.05, 3.63) is 0 Å². The number of rotatable bonds is 4. The summed E-state index contributed by atoms with van der Waals surface area (Å²) in [4.78, 5) is 14.0. The Morgan fingerprint density at radius 2 is 2.00 bits per heavy atom. The number of nitrogens with zero attached hydrogens (tertiary/aromatic N) is 1. The maximum Gasteiger partial charge on any atom is 0.222 e. The number of amides is 1. The molecule has 94 valence electrons. The third-order valence-electron chi connectivity index (χ3n) is 3.65. The third kappa shape index (κ3) is 3.48. The highest BCUT2D eigenvalue weighted by Crippen LogP contribution is 2.27. The Morgan fingerprint density at radius 3 is 2.56 bits per heavy atom. The maximum absolute atomic E-state index is 12.0. The van der Waals surface area contributed by atoms with Gasteiger partial charge in [0.1, 0.15) is 0 Å². The lowest BCUT2D eigenvalue weighted by molar-refractivity contribution is -0.134. The molecule has 0 aliphatic heterocycles. The van der Waals surface area contributed by atoms with Crippen molar-refractivity contribution in [1.82, 2.24) is 4.90 Å². The topological polar surface area (TPSA) is 46.3 Å². The van der Waals surface area contributed by atoms with E-state index in [0.29, 0.717) is 30.8 Å². The van der Waals surface area contributed by atoms with Crippen LogP contribution in [0.2, 0.25) is 0 Å². The molecule has 2 atom stereocenters. The highest BCUT2D eigenvalue weighted by molar-refractivity contribution is 5.76. The first-order chi connectivity index (χ1) is 7.56. The van der Waals surface area contributed by atoms with Gasteiger partial charge in [-0.05, 0) is 31.2 Å². The van der Waals surface area contributed by atoms with Gasteiger partial charge in [-0.3, -0.25) is 4.79 Å². The Balaban J connectivity index is 2.56. The number of nitrogens with two attached hydrogens (primary N) is 1. The van der Waals surface area contributed by atoms with Crippen molar-refractivity contribution in [2.75, 3.05) is 13.6 Å². The van der Waals surface area contributed by atoms with Crippen molar-refractivity contribution >= 4 is 5.91 Å². The Labute approximate surface area is 99.4 Å².